The topological polar surface area (TPSA) is 59.8 Å². The molecule has 0 bridgehead atoms. The maximum atomic E-state index is 11.9. The predicted octanol–water partition coefficient (Wildman–Crippen LogP) is 1.31. The van der Waals surface area contributed by atoms with Gasteiger partial charge < -0.3 is 9.88 Å². The van der Waals surface area contributed by atoms with Crippen molar-refractivity contribution in [1.82, 2.24) is 19.9 Å². The number of carbonyl (C=O) groups is 1. The fraction of sp³-hybridized carbons (Fsp3) is 0.250. The first-order valence-electron chi connectivity index (χ1n) is 5.36. The van der Waals surface area contributed by atoms with Crippen molar-refractivity contribution >= 4 is 5.91 Å². The lowest BCUT2D eigenvalue weighted by Gasteiger charge is -2.13. The van der Waals surface area contributed by atoms with Gasteiger partial charge in [0.15, 0.2) is 0 Å². The Hall–Kier alpha value is -2.17. The Labute approximate surface area is 99.5 Å². The summed E-state index contributed by atoms with van der Waals surface area (Å²) >= 11 is 0. The van der Waals surface area contributed by atoms with E-state index in [0.717, 1.165) is 5.82 Å². The van der Waals surface area contributed by atoms with E-state index in [4.69, 9.17) is 0 Å². The molecular weight excluding hydrogens is 216 g/mol. The molecule has 17 heavy (non-hydrogen) atoms. The standard InChI is InChI=1S/C12H14N4O/c1-9(11-14-7-8-16(11)2)15-12(17)10-3-5-13-6-4-10/h3-9H,1-2H3,(H,15,17). The normalized spacial score (nSPS) is 12.1. The van der Waals surface area contributed by atoms with E-state index in [0.29, 0.717) is 5.56 Å². The van der Waals surface area contributed by atoms with Gasteiger partial charge in [0.25, 0.3) is 5.91 Å². The zero-order valence-corrected chi connectivity index (χ0v) is 9.79. The molecule has 5 heteroatoms. The number of nitrogens with zero attached hydrogens (tertiary/aromatic N) is 3. The Morgan fingerprint density at radius 3 is 2.65 bits per heavy atom. The highest BCUT2D eigenvalue weighted by Crippen LogP contribution is 2.09. The molecule has 1 unspecified atom stereocenters. The van der Waals surface area contributed by atoms with Gasteiger partial charge in [0.2, 0.25) is 0 Å². The maximum Gasteiger partial charge on any atom is 0.251 e. The van der Waals surface area contributed by atoms with Crippen LogP contribution in [0.25, 0.3) is 0 Å². The van der Waals surface area contributed by atoms with Gasteiger partial charge in [0, 0.05) is 37.4 Å². The van der Waals surface area contributed by atoms with Crippen LogP contribution in [0.5, 0.6) is 0 Å². The summed E-state index contributed by atoms with van der Waals surface area (Å²) < 4.78 is 1.89. The van der Waals surface area contributed by atoms with Crippen LogP contribution in [0.15, 0.2) is 36.9 Å². The van der Waals surface area contributed by atoms with Crippen molar-refractivity contribution in [3.8, 4) is 0 Å². The Bertz CT molecular complexity index is 506. The summed E-state index contributed by atoms with van der Waals surface area (Å²) in [5.41, 5.74) is 0.598. The number of aromatic nitrogens is 3. The van der Waals surface area contributed by atoms with Crippen molar-refractivity contribution < 1.29 is 4.79 Å². The molecule has 1 amide bonds. The molecule has 0 fully saturated rings. The van der Waals surface area contributed by atoms with E-state index in [-0.39, 0.29) is 11.9 Å². The largest absolute Gasteiger partial charge is 0.342 e. The number of amides is 1. The third-order valence-electron chi connectivity index (χ3n) is 2.54. The van der Waals surface area contributed by atoms with E-state index in [1.54, 1.807) is 30.7 Å². The second-order valence-electron chi connectivity index (χ2n) is 3.83. The van der Waals surface area contributed by atoms with Crippen LogP contribution < -0.4 is 5.32 Å². The molecule has 1 N–H and O–H groups in total. The van der Waals surface area contributed by atoms with Gasteiger partial charge in [-0.1, -0.05) is 0 Å². The molecule has 2 aromatic rings. The first-order chi connectivity index (χ1) is 8.18. The Kier molecular flexibility index (Phi) is 3.18. The van der Waals surface area contributed by atoms with E-state index >= 15 is 0 Å². The van der Waals surface area contributed by atoms with E-state index in [1.165, 1.54) is 0 Å². The van der Waals surface area contributed by atoms with Crippen molar-refractivity contribution in [3.05, 3.63) is 48.3 Å². The molecule has 0 saturated carbocycles. The highest BCUT2D eigenvalue weighted by atomic mass is 16.1. The summed E-state index contributed by atoms with van der Waals surface area (Å²) in [4.78, 5) is 20.0. The molecule has 2 aromatic heterocycles. The molecule has 5 nitrogen and oxygen atoms in total. The van der Waals surface area contributed by atoms with Crippen molar-refractivity contribution in [1.29, 1.82) is 0 Å². The molecule has 1 atom stereocenters. The van der Waals surface area contributed by atoms with Crippen LogP contribution in [0.2, 0.25) is 0 Å². The van der Waals surface area contributed by atoms with Gasteiger partial charge in [0.1, 0.15) is 5.82 Å². The number of imidazole rings is 1. The summed E-state index contributed by atoms with van der Waals surface area (Å²) in [5, 5.41) is 2.89. The lowest BCUT2D eigenvalue weighted by molar-refractivity contribution is 0.0937. The Morgan fingerprint density at radius 2 is 2.06 bits per heavy atom. The molecule has 2 heterocycles. The van der Waals surface area contributed by atoms with Gasteiger partial charge in [-0.3, -0.25) is 9.78 Å². The minimum absolute atomic E-state index is 0.122. The molecule has 0 aliphatic heterocycles. The average molecular weight is 230 g/mol. The molecule has 0 spiro atoms. The highest BCUT2D eigenvalue weighted by molar-refractivity contribution is 5.94. The van der Waals surface area contributed by atoms with Crippen molar-refractivity contribution in [3.63, 3.8) is 0 Å². The predicted molar refractivity (Wildman–Crippen MR) is 63.3 cm³/mol. The van der Waals surface area contributed by atoms with Gasteiger partial charge in [-0.2, -0.15) is 0 Å². The first kappa shape index (κ1) is 11.3. The van der Waals surface area contributed by atoms with Crippen LogP contribution in [0.4, 0.5) is 0 Å². The van der Waals surface area contributed by atoms with Gasteiger partial charge in [-0.05, 0) is 19.1 Å². The van der Waals surface area contributed by atoms with Crippen LogP contribution in [0, 0.1) is 0 Å². The van der Waals surface area contributed by atoms with E-state index in [9.17, 15) is 4.79 Å². The molecule has 0 saturated heterocycles. The smallest absolute Gasteiger partial charge is 0.251 e. The molecule has 88 valence electrons. The number of aryl methyl sites for hydroxylation is 1. The lowest BCUT2D eigenvalue weighted by atomic mass is 10.2. The second kappa shape index (κ2) is 4.78. The minimum atomic E-state index is -0.129. The van der Waals surface area contributed by atoms with Crippen LogP contribution >= 0.6 is 0 Å². The van der Waals surface area contributed by atoms with E-state index in [1.807, 2.05) is 24.7 Å². The monoisotopic (exact) mass is 230 g/mol. The van der Waals surface area contributed by atoms with Crippen molar-refractivity contribution in [2.75, 3.05) is 0 Å². The fourth-order valence-electron chi connectivity index (χ4n) is 1.64. The van der Waals surface area contributed by atoms with Crippen LogP contribution in [-0.4, -0.2) is 20.4 Å². The quantitative estimate of drug-likeness (QED) is 0.864. The van der Waals surface area contributed by atoms with Gasteiger partial charge in [-0.25, -0.2) is 4.98 Å². The Balaban J connectivity index is 2.08. The van der Waals surface area contributed by atoms with Gasteiger partial charge in [-0.15, -0.1) is 0 Å². The third-order valence-corrected chi connectivity index (χ3v) is 2.54. The van der Waals surface area contributed by atoms with E-state index in [2.05, 4.69) is 15.3 Å². The maximum absolute atomic E-state index is 11.9. The van der Waals surface area contributed by atoms with Crippen molar-refractivity contribution in [2.24, 2.45) is 7.05 Å². The molecule has 0 aromatic carbocycles. The van der Waals surface area contributed by atoms with Crippen LogP contribution in [0.3, 0.4) is 0 Å². The second-order valence-corrected chi connectivity index (χ2v) is 3.83. The molecule has 2 rings (SSSR count). The lowest BCUT2D eigenvalue weighted by Crippen LogP contribution is -2.28. The first-order valence-corrected chi connectivity index (χ1v) is 5.36. The zero-order chi connectivity index (χ0) is 12.3. The number of nitrogens with one attached hydrogen (secondary N) is 1. The highest BCUT2D eigenvalue weighted by Gasteiger charge is 2.14. The van der Waals surface area contributed by atoms with Gasteiger partial charge >= 0.3 is 0 Å². The summed E-state index contributed by atoms with van der Waals surface area (Å²) in [6.45, 7) is 1.90. The summed E-state index contributed by atoms with van der Waals surface area (Å²) in [5.74, 6) is 0.704. The number of hydrogen-bond donors (Lipinski definition) is 1. The summed E-state index contributed by atoms with van der Waals surface area (Å²) in [6.07, 6.45) is 6.76. The SMILES string of the molecule is CC(NC(=O)c1ccncc1)c1nccn1C. The van der Waals surface area contributed by atoms with Crippen molar-refractivity contribution in [2.45, 2.75) is 13.0 Å². The summed E-state index contributed by atoms with van der Waals surface area (Å²) in [7, 11) is 1.90. The number of hydrogen-bond acceptors (Lipinski definition) is 3. The molecular formula is C12H14N4O. The van der Waals surface area contributed by atoms with E-state index < -0.39 is 0 Å². The molecule has 0 aliphatic rings. The van der Waals surface area contributed by atoms with Crippen LogP contribution in [-0.2, 0) is 7.05 Å². The zero-order valence-electron chi connectivity index (χ0n) is 9.79. The number of carbonyl (C=O) groups excluding carboxylic acids is 1. The van der Waals surface area contributed by atoms with Crippen LogP contribution in [0.1, 0.15) is 29.1 Å². The third kappa shape index (κ3) is 2.50. The van der Waals surface area contributed by atoms with Gasteiger partial charge in [0.05, 0.1) is 6.04 Å². The summed E-state index contributed by atoms with van der Waals surface area (Å²) in [6, 6.07) is 3.23. The minimum Gasteiger partial charge on any atom is -0.342 e. The number of pyridine rings is 1. The number of rotatable bonds is 3. The average Bonchev–Trinajstić information content (AvgIpc) is 2.76. The molecule has 0 radical (unpaired) electrons. The Morgan fingerprint density at radius 1 is 1.35 bits per heavy atom. The fourth-order valence-corrected chi connectivity index (χ4v) is 1.64. The molecule has 0 aliphatic carbocycles.